The second kappa shape index (κ2) is 8.58. The van der Waals surface area contributed by atoms with E-state index < -0.39 is 11.8 Å². The van der Waals surface area contributed by atoms with Crippen molar-refractivity contribution in [3.05, 3.63) is 65.5 Å². The van der Waals surface area contributed by atoms with Crippen molar-refractivity contribution in [3.8, 4) is 5.75 Å². The first-order valence-electron chi connectivity index (χ1n) is 7.53. The van der Waals surface area contributed by atoms with E-state index in [4.69, 9.17) is 4.74 Å². The summed E-state index contributed by atoms with van der Waals surface area (Å²) >= 11 is 0. The highest BCUT2D eigenvalue weighted by molar-refractivity contribution is 6.35. The first-order chi connectivity index (χ1) is 12.0. The Morgan fingerprint density at radius 2 is 1.72 bits per heavy atom. The van der Waals surface area contributed by atoms with Crippen molar-refractivity contribution in [2.75, 3.05) is 7.11 Å². The van der Waals surface area contributed by atoms with Gasteiger partial charge in [-0.25, -0.2) is 9.82 Å². The normalized spacial score (nSPS) is 11.8. The third-order valence-electron chi connectivity index (χ3n) is 3.42. The summed E-state index contributed by atoms with van der Waals surface area (Å²) in [6.45, 7) is 1.76. The molecule has 0 heterocycles. The number of nitrogens with one attached hydrogen (secondary N) is 2. The van der Waals surface area contributed by atoms with Crippen molar-refractivity contribution >= 4 is 18.0 Å². The minimum absolute atomic E-state index is 0.356. The fraction of sp³-hybridized carbons (Fsp3) is 0.167. The number of ether oxygens (including phenoxy) is 1. The lowest BCUT2D eigenvalue weighted by Crippen LogP contribution is -2.39. The van der Waals surface area contributed by atoms with Gasteiger partial charge in [-0.1, -0.05) is 24.3 Å². The molecule has 0 bridgehead atoms. The molecule has 0 aromatic heterocycles. The van der Waals surface area contributed by atoms with Crippen LogP contribution in [0.4, 0.5) is 4.39 Å². The number of nitrogens with zero attached hydrogens (tertiary/aromatic N) is 1. The summed E-state index contributed by atoms with van der Waals surface area (Å²) in [4.78, 5) is 23.6. The molecule has 130 valence electrons. The zero-order chi connectivity index (χ0) is 18.2. The third kappa shape index (κ3) is 5.42. The van der Waals surface area contributed by atoms with E-state index in [2.05, 4.69) is 15.8 Å². The van der Waals surface area contributed by atoms with E-state index in [0.29, 0.717) is 11.3 Å². The Labute approximate surface area is 144 Å². The van der Waals surface area contributed by atoms with Crippen molar-refractivity contribution < 1.29 is 18.7 Å². The lowest BCUT2D eigenvalue weighted by Gasteiger charge is -2.13. The molecule has 2 amide bonds. The molecule has 6 nitrogen and oxygen atoms in total. The van der Waals surface area contributed by atoms with Crippen LogP contribution in [0.15, 0.2) is 53.6 Å². The predicted molar refractivity (Wildman–Crippen MR) is 91.7 cm³/mol. The molecule has 0 saturated carbocycles. The summed E-state index contributed by atoms with van der Waals surface area (Å²) in [6, 6.07) is 12.3. The average Bonchev–Trinajstić information content (AvgIpc) is 2.63. The van der Waals surface area contributed by atoms with E-state index in [1.807, 2.05) is 0 Å². The highest BCUT2D eigenvalue weighted by Crippen LogP contribution is 2.17. The number of methoxy groups -OCH3 is 1. The van der Waals surface area contributed by atoms with Crippen LogP contribution in [0, 0.1) is 5.82 Å². The fourth-order valence-corrected chi connectivity index (χ4v) is 2.00. The number of amides is 2. The zero-order valence-corrected chi connectivity index (χ0v) is 13.8. The molecule has 2 rings (SSSR count). The van der Waals surface area contributed by atoms with E-state index in [9.17, 15) is 14.0 Å². The van der Waals surface area contributed by atoms with Gasteiger partial charge in [-0.3, -0.25) is 9.59 Å². The van der Waals surface area contributed by atoms with Crippen LogP contribution in [0.25, 0.3) is 0 Å². The van der Waals surface area contributed by atoms with Crippen LogP contribution in [0.5, 0.6) is 5.75 Å². The summed E-state index contributed by atoms with van der Waals surface area (Å²) in [6.07, 6.45) is 1.32. The van der Waals surface area contributed by atoms with Gasteiger partial charge < -0.3 is 10.1 Å². The number of rotatable bonds is 5. The molecule has 2 N–H and O–H groups in total. The van der Waals surface area contributed by atoms with Gasteiger partial charge in [-0.15, -0.1) is 0 Å². The van der Waals surface area contributed by atoms with E-state index in [0.717, 1.165) is 5.56 Å². The van der Waals surface area contributed by atoms with Crippen LogP contribution in [-0.2, 0) is 9.59 Å². The Kier molecular flexibility index (Phi) is 6.22. The molecular formula is C18H18FN3O3. The van der Waals surface area contributed by atoms with E-state index in [-0.39, 0.29) is 11.9 Å². The van der Waals surface area contributed by atoms with Crippen molar-refractivity contribution in [1.29, 1.82) is 0 Å². The standard InChI is InChI=1S/C18H18FN3O3/c1-12(14-5-9-16(25-2)10-6-14)21-17(23)18(24)22-20-11-13-3-7-15(19)8-4-13/h3-12H,1-2H3,(H,21,23)(H,22,24)/b20-11-/t12-/m0/s1. The Morgan fingerprint density at radius 1 is 1.08 bits per heavy atom. The molecule has 7 heteroatoms. The Balaban J connectivity index is 1.86. The van der Waals surface area contributed by atoms with Crippen LogP contribution in [0.1, 0.15) is 24.1 Å². The maximum atomic E-state index is 12.8. The predicted octanol–water partition coefficient (Wildman–Crippen LogP) is 2.16. The monoisotopic (exact) mass is 343 g/mol. The molecular weight excluding hydrogens is 325 g/mol. The number of halogens is 1. The van der Waals surface area contributed by atoms with Gasteiger partial charge in [0.15, 0.2) is 0 Å². The van der Waals surface area contributed by atoms with Gasteiger partial charge in [0, 0.05) is 0 Å². The SMILES string of the molecule is COc1ccc([C@H](C)NC(=O)C(=O)N/N=C\c2ccc(F)cc2)cc1. The quantitative estimate of drug-likeness (QED) is 0.496. The topological polar surface area (TPSA) is 79.8 Å². The number of hydrazone groups is 1. The summed E-state index contributed by atoms with van der Waals surface area (Å²) in [7, 11) is 1.57. The van der Waals surface area contributed by atoms with Gasteiger partial charge in [-0.05, 0) is 42.3 Å². The number of hydrogen-bond donors (Lipinski definition) is 2. The molecule has 25 heavy (non-hydrogen) atoms. The molecule has 0 aliphatic rings. The highest BCUT2D eigenvalue weighted by Gasteiger charge is 2.16. The Bertz CT molecular complexity index is 758. The molecule has 0 aliphatic carbocycles. The lowest BCUT2D eigenvalue weighted by atomic mass is 10.1. The van der Waals surface area contributed by atoms with Gasteiger partial charge in [0.1, 0.15) is 11.6 Å². The largest absolute Gasteiger partial charge is 0.497 e. The number of hydrogen-bond acceptors (Lipinski definition) is 4. The molecule has 2 aromatic carbocycles. The minimum Gasteiger partial charge on any atom is -0.497 e. The number of carbonyl (C=O) groups is 2. The molecule has 0 fully saturated rings. The second-order valence-electron chi connectivity index (χ2n) is 5.22. The molecule has 0 spiro atoms. The van der Waals surface area contributed by atoms with Crippen molar-refractivity contribution in [2.24, 2.45) is 5.10 Å². The fourth-order valence-electron chi connectivity index (χ4n) is 2.00. The zero-order valence-electron chi connectivity index (χ0n) is 13.8. The van der Waals surface area contributed by atoms with Gasteiger partial charge in [0.25, 0.3) is 0 Å². The number of benzene rings is 2. The highest BCUT2D eigenvalue weighted by atomic mass is 19.1. The van der Waals surface area contributed by atoms with Gasteiger partial charge in [0.05, 0.1) is 19.4 Å². The molecule has 0 unspecified atom stereocenters. The van der Waals surface area contributed by atoms with Crippen molar-refractivity contribution in [3.63, 3.8) is 0 Å². The van der Waals surface area contributed by atoms with Crippen LogP contribution in [0.2, 0.25) is 0 Å². The third-order valence-corrected chi connectivity index (χ3v) is 3.42. The molecule has 2 aromatic rings. The van der Waals surface area contributed by atoms with Crippen molar-refractivity contribution in [1.82, 2.24) is 10.7 Å². The first-order valence-corrected chi connectivity index (χ1v) is 7.53. The maximum absolute atomic E-state index is 12.8. The molecule has 0 radical (unpaired) electrons. The van der Waals surface area contributed by atoms with E-state index >= 15 is 0 Å². The minimum atomic E-state index is -0.890. The average molecular weight is 343 g/mol. The van der Waals surface area contributed by atoms with Gasteiger partial charge >= 0.3 is 11.8 Å². The second-order valence-corrected chi connectivity index (χ2v) is 5.22. The summed E-state index contributed by atoms with van der Waals surface area (Å²) < 4.78 is 17.8. The lowest BCUT2D eigenvalue weighted by molar-refractivity contribution is -0.139. The van der Waals surface area contributed by atoms with E-state index in [1.54, 1.807) is 38.3 Å². The smallest absolute Gasteiger partial charge is 0.329 e. The van der Waals surface area contributed by atoms with Crippen LogP contribution in [-0.4, -0.2) is 25.1 Å². The van der Waals surface area contributed by atoms with Gasteiger partial charge in [-0.2, -0.15) is 5.10 Å². The van der Waals surface area contributed by atoms with Crippen LogP contribution < -0.4 is 15.5 Å². The Morgan fingerprint density at radius 3 is 2.32 bits per heavy atom. The molecule has 1 atom stereocenters. The summed E-state index contributed by atoms with van der Waals surface area (Å²) in [5, 5.41) is 6.24. The van der Waals surface area contributed by atoms with Crippen LogP contribution in [0.3, 0.4) is 0 Å². The molecule has 0 saturated heterocycles. The number of carbonyl (C=O) groups excluding carboxylic acids is 2. The maximum Gasteiger partial charge on any atom is 0.329 e. The summed E-state index contributed by atoms with van der Waals surface area (Å²) in [5.74, 6) is -1.36. The van der Waals surface area contributed by atoms with Gasteiger partial charge in [0.2, 0.25) is 0 Å². The summed E-state index contributed by atoms with van der Waals surface area (Å²) in [5.41, 5.74) is 3.55. The van der Waals surface area contributed by atoms with Crippen molar-refractivity contribution in [2.45, 2.75) is 13.0 Å². The van der Waals surface area contributed by atoms with Crippen LogP contribution >= 0.6 is 0 Å². The molecule has 0 aliphatic heterocycles. The Hall–Kier alpha value is -3.22. The first kappa shape index (κ1) is 18.1. The van der Waals surface area contributed by atoms with E-state index in [1.165, 1.54) is 30.5 Å².